The molecule has 1 aromatic carbocycles. The normalized spacial score (nSPS) is 10.4. The Morgan fingerprint density at radius 3 is 2.50 bits per heavy atom. The molecule has 110 valence electrons. The third-order valence-corrected chi connectivity index (χ3v) is 2.76. The fourth-order valence-corrected chi connectivity index (χ4v) is 1.99. The summed E-state index contributed by atoms with van der Waals surface area (Å²) >= 11 is 0. The average molecular weight is 279 g/mol. The number of primary amides is 1. The molecule has 0 radical (unpaired) electrons. The van der Waals surface area contributed by atoms with Crippen LogP contribution in [0, 0.1) is 5.92 Å². The zero-order valence-corrected chi connectivity index (χ0v) is 12.1. The van der Waals surface area contributed by atoms with Crippen molar-refractivity contribution in [1.82, 2.24) is 0 Å². The topological polar surface area (TPSA) is 98.6 Å². The number of carbonyl (C=O) groups excluding carboxylic acids is 2. The maximum absolute atomic E-state index is 11.6. The van der Waals surface area contributed by atoms with Gasteiger partial charge in [-0.15, -0.1) is 0 Å². The van der Waals surface area contributed by atoms with Crippen LogP contribution in [-0.4, -0.2) is 32.1 Å². The fraction of sp³-hybridized carbons (Fsp3) is 0.429. The predicted molar refractivity (Wildman–Crippen MR) is 78.4 cm³/mol. The van der Waals surface area contributed by atoms with Crippen LogP contribution >= 0.6 is 0 Å². The minimum absolute atomic E-state index is 0.0486. The van der Waals surface area contributed by atoms with E-state index in [2.05, 4.69) is 4.74 Å². The predicted octanol–water partition coefficient (Wildman–Crippen LogP) is 1.00. The summed E-state index contributed by atoms with van der Waals surface area (Å²) in [7, 11) is 1.30. The van der Waals surface area contributed by atoms with Crippen LogP contribution in [0.25, 0.3) is 0 Å². The molecule has 0 atom stereocenters. The molecule has 6 nitrogen and oxygen atoms in total. The first kappa shape index (κ1) is 15.8. The molecule has 1 aromatic rings. The van der Waals surface area contributed by atoms with E-state index >= 15 is 0 Å². The van der Waals surface area contributed by atoms with Crippen LogP contribution < -0.4 is 16.4 Å². The van der Waals surface area contributed by atoms with Gasteiger partial charge in [0.1, 0.15) is 0 Å². The molecule has 20 heavy (non-hydrogen) atoms. The van der Waals surface area contributed by atoms with E-state index in [4.69, 9.17) is 11.5 Å². The number of nitrogen functional groups attached to an aromatic ring is 1. The van der Waals surface area contributed by atoms with Crippen molar-refractivity contribution < 1.29 is 14.3 Å². The second kappa shape index (κ2) is 6.79. The van der Waals surface area contributed by atoms with Crippen molar-refractivity contribution in [2.75, 3.05) is 30.8 Å². The Morgan fingerprint density at radius 2 is 2.00 bits per heavy atom. The van der Waals surface area contributed by atoms with E-state index in [0.717, 1.165) is 0 Å². The molecule has 4 N–H and O–H groups in total. The molecule has 0 aliphatic carbocycles. The highest BCUT2D eigenvalue weighted by Crippen LogP contribution is 2.27. The number of methoxy groups -OCH3 is 1. The molecule has 6 heteroatoms. The average Bonchev–Trinajstić information content (AvgIpc) is 2.36. The molecule has 1 amide bonds. The lowest BCUT2D eigenvalue weighted by molar-refractivity contribution is -0.116. The van der Waals surface area contributed by atoms with Crippen LogP contribution in [0.2, 0.25) is 0 Å². The number of ether oxygens (including phenoxy) is 1. The van der Waals surface area contributed by atoms with Gasteiger partial charge in [-0.2, -0.15) is 0 Å². The Bertz CT molecular complexity index is 500. The summed E-state index contributed by atoms with van der Waals surface area (Å²) in [6, 6.07) is 5.04. The van der Waals surface area contributed by atoms with E-state index in [1.54, 1.807) is 23.1 Å². The molecule has 0 fully saturated rings. The first-order valence-corrected chi connectivity index (χ1v) is 6.36. The maximum atomic E-state index is 11.6. The van der Waals surface area contributed by atoms with Crippen molar-refractivity contribution >= 4 is 23.3 Å². The van der Waals surface area contributed by atoms with Gasteiger partial charge < -0.3 is 21.1 Å². The molecular formula is C14H21N3O3. The van der Waals surface area contributed by atoms with E-state index in [9.17, 15) is 9.59 Å². The highest BCUT2D eigenvalue weighted by Gasteiger charge is 2.18. The van der Waals surface area contributed by atoms with Crippen LogP contribution in [0.1, 0.15) is 24.2 Å². The second-order valence-corrected chi connectivity index (χ2v) is 4.97. The number of nitrogens with zero attached hydrogens (tertiary/aromatic N) is 1. The monoisotopic (exact) mass is 279 g/mol. The molecule has 0 aliphatic heterocycles. The summed E-state index contributed by atoms with van der Waals surface area (Å²) in [4.78, 5) is 24.6. The van der Waals surface area contributed by atoms with E-state index in [1.165, 1.54) is 7.11 Å². The maximum Gasteiger partial charge on any atom is 0.340 e. The summed E-state index contributed by atoms with van der Waals surface area (Å²) < 4.78 is 4.68. The van der Waals surface area contributed by atoms with E-state index in [0.29, 0.717) is 23.8 Å². The van der Waals surface area contributed by atoms with Gasteiger partial charge in [-0.05, 0) is 18.1 Å². The van der Waals surface area contributed by atoms with Gasteiger partial charge >= 0.3 is 5.97 Å². The van der Waals surface area contributed by atoms with Crippen molar-refractivity contribution in [3.8, 4) is 0 Å². The van der Waals surface area contributed by atoms with Crippen LogP contribution in [0.15, 0.2) is 18.2 Å². The van der Waals surface area contributed by atoms with E-state index in [1.807, 2.05) is 13.8 Å². The summed E-state index contributed by atoms with van der Waals surface area (Å²) in [6.45, 7) is 4.70. The van der Waals surface area contributed by atoms with Crippen LogP contribution in [0.3, 0.4) is 0 Å². The smallest absolute Gasteiger partial charge is 0.340 e. The molecule has 0 bridgehead atoms. The third-order valence-electron chi connectivity index (χ3n) is 2.76. The summed E-state index contributed by atoms with van der Waals surface area (Å²) in [5.74, 6) is -0.642. The lowest BCUT2D eigenvalue weighted by atomic mass is 10.1. The zero-order valence-electron chi connectivity index (χ0n) is 12.1. The SMILES string of the molecule is COC(=O)c1cccc(N(CC(N)=O)CC(C)C)c1N. The van der Waals surface area contributed by atoms with Crippen molar-refractivity contribution in [1.29, 1.82) is 0 Å². The minimum Gasteiger partial charge on any atom is -0.465 e. The van der Waals surface area contributed by atoms with Crippen molar-refractivity contribution in [3.05, 3.63) is 23.8 Å². The number of esters is 1. The zero-order chi connectivity index (χ0) is 15.3. The van der Waals surface area contributed by atoms with Crippen molar-refractivity contribution in [3.63, 3.8) is 0 Å². The molecule has 0 aliphatic rings. The highest BCUT2D eigenvalue weighted by atomic mass is 16.5. The molecule has 0 saturated carbocycles. The Kier molecular flexibility index (Phi) is 5.37. The number of rotatable bonds is 6. The summed E-state index contributed by atoms with van der Waals surface area (Å²) in [5.41, 5.74) is 12.5. The molecule has 0 heterocycles. The minimum atomic E-state index is -0.507. The van der Waals surface area contributed by atoms with Gasteiger partial charge in [-0.3, -0.25) is 4.79 Å². The van der Waals surface area contributed by atoms with Gasteiger partial charge in [0.05, 0.1) is 30.6 Å². The molecule has 0 saturated heterocycles. The number of anilines is 2. The third kappa shape index (κ3) is 3.88. The summed E-state index contributed by atoms with van der Waals surface area (Å²) in [6.07, 6.45) is 0. The number of benzene rings is 1. The molecular weight excluding hydrogens is 258 g/mol. The van der Waals surface area contributed by atoms with E-state index < -0.39 is 11.9 Å². The number of amides is 1. The molecule has 0 aromatic heterocycles. The van der Waals surface area contributed by atoms with Crippen molar-refractivity contribution in [2.45, 2.75) is 13.8 Å². The Balaban J connectivity index is 3.19. The second-order valence-electron chi connectivity index (χ2n) is 4.97. The largest absolute Gasteiger partial charge is 0.465 e. The lowest BCUT2D eigenvalue weighted by Gasteiger charge is -2.27. The number of para-hydroxylation sites is 1. The molecule has 0 unspecified atom stereocenters. The lowest BCUT2D eigenvalue weighted by Crippen LogP contribution is -2.36. The quantitative estimate of drug-likeness (QED) is 0.598. The van der Waals surface area contributed by atoms with Crippen molar-refractivity contribution in [2.24, 2.45) is 11.7 Å². The number of hydrogen-bond acceptors (Lipinski definition) is 5. The van der Waals surface area contributed by atoms with Gasteiger partial charge in [0.15, 0.2) is 0 Å². The number of hydrogen-bond donors (Lipinski definition) is 2. The molecule has 1 rings (SSSR count). The Hall–Kier alpha value is -2.24. The Labute approximate surface area is 118 Å². The van der Waals surface area contributed by atoms with Gasteiger partial charge in [0.2, 0.25) is 5.91 Å². The van der Waals surface area contributed by atoms with Gasteiger partial charge in [-0.25, -0.2) is 4.79 Å². The van der Waals surface area contributed by atoms with Crippen LogP contribution in [-0.2, 0) is 9.53 Å². The first-order valence-electron chi connectivity index (χ1n) is 6.36. The molecule has 0 spiro atoms. The number of carbonyl (C=O) groups is 2. The number of nitrogens with two attached hydrogens (primary N) is 2. The van der Waals surface area contributed by atoms with Crippen LogP contribution in [0.5, 0.6) is 0 Å². The van der Waals surface area contributed by atoms with Crippen LogP contribution in [0.4, 0.5) is 11.4 Å². The first-order chi connectivity index (χ1) is 9.36. The van der Waals surface area contributed by atoms with Gasteiger partial charge in [0.25, 0.3) is 0 Å². The van der Waals surface area contributed by atoms with Gasteiger partial charge in [0, 0.05) is 6.54 Å². The standard InChI is InChI=1S/C14H21N3O3/c1-9(2)7-17(8-12(15)18)11-6-4-5-10(13(11)16)14(19)20-3/h4-6,9H,7-8,16H2,1-3H3,(H2,15,18). The fourth-order valence-electron chi connectivity index (χ4n) is 1.99. The highest BCUT2D eigenvalue weighted by molar-refractivity contribution is 5.98. The van der Waals surface area contributed by atoms with E-state index in [-0.39, 0.29) is 12.1 Å². The summed E-state index contributed by atoms with van der Waals surface area (Å²) in [5, 5.41) is 0. The Morgan fingerprint density at radius 1 is 1.35 bits per heavy atom. The van der Waals surface area contributed by atoms with Gasteiger partial charge in [-0.1, -0.05) is 19.9 Å².